The van der Waals surface area contributed by atoms with E-state index in [0.717, 1.165) is 19.3 Å². The zero-order chi connectivity index (χ0) is 7.82. The molecular weight excluding hydrogens is 123 g/mol. The Bertz CT molecular complexity index is 52.0. The van der Waals surface area contributed by atoms with Gasteiger partial charge in [0.1, 0.15) is 0 Å². The van der Waals surface area contributed by atoms with Gasteiger partial charge in [-0.2, -0.15) is 0 Å². The predicted octanol–water partition coefficient (Wildman–Crippen LogP) is 2.03. The zero-order valence-electron chi connectivity index (χ0n) is 7.10. The van der Waals surface area contributed by atoms with E-state index in [4.69, 9.17) is 12.6 Å². The Morgan fingerprint density at radius 2 is 2.10 bits per heavy atom. The van der Waals surface area contributed by atoms with E-state index in [1.54, 1.807) is 7.11 Å². The third-order valence-electron chi connectivity index (χ3n) is 1.67. The molecule has 0 fully saturated rings. The van der Waals surface area contributed by atoms with Gasteiger partial charge in [0.2, 0.25) is 0 Å². The van der Waals surface area contributed by atoms with Gasteiger partial charge in [0.15, 0.2) is 0 Å². The fourth-order valence-corrected chi connectivity index (χ4v) is 1.19. The Labute approximate surface area is 65.6 Å². The maximum absolute atomic E-state index is 5.43. The molecule has 1 nitrogen and oxygen atoms in total. The van der Waals surface area contributed by atoms with E-state index in [2.05, 4.69) is 6.92 Å². The average Bonchev–Trinajstić information content (AvgIpc) is 1.90. The van der Waals surface area contributed by atoms with E-state index in [-0.39, 0.29) is 0 Å². The van der Waals surface area contributed by atoms with Crippen molar-refractivity contribution < 1.29 is 4.74 Å². The third-order valence-corrected chi connectivity index (χ3v) is 1.67. The summed E-state index contributed by atoms with van der Waals surface area (Å²) < 4.78 is 5.05. The second-order valence-electron chi connectivity index (χ2n) is 2.69. The van der Waals surface area contributed by atoms with Crippen molar-refractivity contribution in [3.63, 3.8) is 0 Å². The van der Waals surface area contributed by atoms with Gasteiger partial charge in [-0.3, -0.25) is 0 Å². The van der Waals surface area contributed by atoms with Gasteiger partial charge in [-0.05, 0) is 12.3 Å². The molecule has 2 radical (unpaired) electrons. The molecule has 0 bridgehead atoms. The van der Waals surface area contributed by atoms with E-state index < -0.39 is 0 Å². The van der Waals surface area contributed by atoms with Gasteiger partial charge in [-0.1, -0.05) is 26.1 Å². The first-order valence-electron chi connectivity index (χ1n) is 4.04. The van der Waals surface area contributed by atoms with Crippen LogP contribution in [-0.2, 0) is 4.74 Å². The van der Waals surface area contributed by atoms with Gasteiger partial charge in [-0.15, -0.1) is 0 Å². The molecule has 10 heavy (non-hydrogen) atoms. The lowest BCUT2D eigenvalue weighted by Crippen LogP contribution is -2.07. The minimum atomic E-state index is 0.681. The lowest BCUT2D eigenvalue weighted by Gasteiger charge is -2.12. The molecule has 1 atom stereocenters. The normalized spacial score (nSPS) is 13.4. The molecule has 0 aliphatic heterocycles. The van der Waals surface area contributed by atoms with Crippen LogP contribution < -0.4 is 0 Å². The number of methoxy groups -OCH3 is 1. The summed E-state index contributed by atoms with van der Waals surface area (Å²) in [5.74, 6) is 0.681. The van der Waals surface area contributed by atoms with Gasteiger partial charge in [-0.25, -0.2) is 0 Å². The highest BCUT2D eigenvalue weighted by molar-refractivity contribution is 6.08. The minimum absolute atomic E-state index is 0.681. The summed E-state index contributed by atoms with van der Waals surface area (Å²) in [5.41, 5.74) is 0. The summed E-state index contributed by atoms with van der Waals surface area (Å²) in [6.45, 7) is 3.06. The molecule has 0 rings (SSSR count). The highest BCUT2D eigenvalue weighted by Crippen LogP contribution is 2.12. The molecule has 0 amide bonds. The maximum atomic E-state index is 5.43. The standard InChI is InChI=1S/C8H17BO/c1-3-4-8(5-6-9)7-10-2/h8H,3-7H2,1-2H3. The first kappa shape index (κ1) is 10.0. The summed E-state index contributed by atoms with van der Waals surface area (Å²) in [6, 6.07) is 0. The Balaban J connectivity index is 3.30. The lowest BCUT2D eigenvalue weighted by atomic mass is 9.91. The molecule has 0 heterocycles. The molecule has 0 aromatic carbocycles. The molecule has 1 unspecified atom stereocenters. The van der Waals surface area contributed by atoms with Crippen LogP contribution in [0.1, 0.15) is 26.2 Å². The molecule has 0 spiro atoms. The Morgan fingerprint density at radius 3 is 2.50 bits per heavy atom. The van der Waals surface area contributed by atoms with Crippen LogP contribution in [0.2, 0.25) is 6.32 Å². The second-order valence-corrected chi connectivity index (χ2v) is 2.69. The van der Waals surface area contributed by atoms with Crippen molar-refractivity contribution in [1.29, 1.82) is 0 Å². The first-order chi connectivity index (χ1) is 4.85. The van der Waals surface area contributed by atoms with Gasteiger partial charge >= 0.3 is 0 Å². The summed E-state index contributed by atoms with van der Waals surface area (Å²) >= 11 is 0. The summed E-state index contributed by atoms with van der Waals surface area (Å²) in [7, 11) is 7.18. The van der Waals surface area contributed by atoms with Crippen molar-refractivity contribution in [2.45, 2.75) is 32.5 Å². The molecule has 0 N–H and O–H groups in total. The van der Waals surface area contributed by atoms with Crippen LogP contribution in [0.15, 0.2) is 0 Å². The number of rotatable bonds is 6. The zero-order valence-corrected chi connectivity index (χ0v) is 7.10. The molecule has 0 aliphatic carbocycles. The molecular formula is C8H17BO. The van der Waals surface area contributed by atoms with Crippen LogP contribution in [-0.4, -0.2) is 21.6 Å². The van der Waals surface area contributed by atoms with Crippen LogP contribution in [0.3, 0.4) is 0 Å². The second kappa shape index (κ2) is 7.14. The minimum Gasteiger partial charge on any atom is -0.384 e. The topological polar surface area (TPSA) is 9.23 Å². The number of ether oxygens (including phenoxy) is 1. The van der Waals surface area contributed by atoms with Crippen molar-refractivity contribution in [3.8, 4) is 0 Å². The van der Waals surface area contributed by atoms with E-state index in [1.807, 2.05) is 0 Å². The lowest BCUT2D eigenvalue weighted by molar-refractivity contribution is 0.145. The fraction of sp³-hybridized carbons (Fsp3) is 1.00. The number of hydrogen-bond donors (Lipinski definition) is 0. The smallest absolute Gasteiger partial charge is 0.0653 e. The molecule has 2 heteroatoms. The van der Waals surface area contributed by atoms with Gasteiger partial charge < -0.3 is 4.74 Å². The molecule has 0 aromatic heterocycles. The van der Waals surface area contributed by atoms with Gasteiger partial charge in [0, 0.05) is 13.7 Å². The van der Waals surface area contributed by atoms with Gasteiger partial charge in [0.05, 0.1) is 7.85 Å². The maximum Gasteiger partial charge on any atom is 0.0653 e. The van der Waals surface area contributed by atoms with Crippen molar-refractivity contribution in [2.24, 2.45) is 5.92 Å². The van der Waals surface area contributed by atoms with Crippen LogP contribution in [0.5, 0.6) is 0 Å². The Hall–Kier alpha value is 0.0249. The Morgan fingerprint density at radius 1 is 1.40 bits per heavy atom. The molecule has 0 aliphatic rings. The van der Waals surface area contributed by atoms with E-state index in [1.165, 1.54) is 12.8 Å². The van der Waals surface area contributed by atoms with Crippen molar-refractivity contribution >= 4 is 7.85 Å². The van der Waals surface area contributed by atoms with Crippen LogP contribution >= 0.6 is 0 Å². The van der Waals surface area contributed by atoms with Crippen molar-refractivity contribution in [1.82, 2.24) is 0 Å². The van der Waals surface area contributed by atoms with Crippen LogP contribution in [0.25, 0.3) is 0 Å². The van der Waals surface area contributed by atoms with Crippen molar-refractivity contribution in [2.75, 3.05) is 13.7 Å². The fourth-order valence-electron chi connectivity index (χ4n) is 1.19. The predicted molar refractivity (Wildman–Crippen MR) is 45.5 cm³/mol. The SMILES string of the molecule is [B]CCC(CCC)COC. The molecule has 0 saturated carbocycles. The molecule has 0 saturated heterocycles. The summed E-state index contributed by atoms with van der Waals surface area (Å²) in [5, 5.41) is 0. The van der Waals surface area contributed by atoms with Crippen LogP contribution in [0.4, 0.5) is 0 Å². The quantitative estimate of drug-likeness (QED) is 0.513. The average molecular weight is 140 g/mol. The number of hydrogen-bond acceptors (Lipinski definition) is 1. The highest BCUT2D eigenvalue weighted by atomic mass is 16.5. The van der Waals surface area contributed by atoms with Crippen molar-refractivity contribution in [3.05, 3.63) is 0 Å². The third kappa shape index (κ3) is 4.86. The van der Waals surface area contributed by atoms with E-state index in [0.29, 0.717) is 5.92 Å². The summed E-state index contributed by atoms with van der Waals surface area (Å²) in [4.78, 5) is 0. The van der Waals surface area contributed by atoms with Crippen LogP contribution in [0, 0.1) is 5.92 Å². The van der Waals surface area contributed by atoms with E-state index >= 15 is 0 Å². The first-order valence-corrected chi connectivity index (χ1v) is 4.04. The highest BCUT2D eigenvalue weighted by Gasteiger charge is 2.04. The monoisotopic (exact) mass is 140 g/mol. The molecule has 58 valence electrons. The Kier molecular flexibility index (Phi) is 7.15. The van der Waals surface area contributed by atoms with Gasteiger partial charge in [0.25, 0.3) is 0 Å². The van der Waals surface area contributed by atoms with E-state index in [9.17, 15) is 0 Å². The largest absolute Gasteiger partial charge is 0.384 e. The molecule has 0 aromatic rings. The summed E-state index contributed by atoms with van der Waals surface area (Å²) in [6.07, 6.45) is 4.36.